The van der Waals surface area contributed by atoms with Gasteiger partial charge in [-0.25, -0.2) is 0 Å². The van der Waals surface area contributed by atoms with E-state index in [0.717, 1.165) is 36.3 Å². The minimum atomic E-state index is 0.324. The van der Waals surface area contributed by atoms with Crippen molar-refractivity contribution in [1.82, 2.24) is 4.90 Å². The Hall–Kier alpha value is -1.90. The third-order valence-corrected chi connectivity index (χ3v) is 4.78. The van der Waals surface area contributed by atoms with E-state index < -0.39 is 0 Å². The summed E-state index contributed by atoms with van der Waals surface area (Å²) in [6, 6.07) is 8.01. The van der Waals surface area contributed by atoms with Crippen LogP contribution in [0.25, 0.3) is 5.57 Å². The zero-order valence-electron chi connectivity index (χ0n) is 14.7. The maximum absolute atomic E-state index is 10.00. The lowest BCUT2D eigenvalue weighted by molar-refractivity contribution is 0.246. The molecule has 3 nitrogen and oxygen atoms in total. The minimum absolute atomic E-state index is 0.324. The van der Waals surface area contributed by atoms with Crippen LogP contribution in [0.15, 0.2) is 41.7 Å². The quantitative estimate of drug-likeness (QED) is 0.771. The van der Waals surface area contributed by atoms with E-state index in [1.54, 1.807) is 6.07 Å². The molecule has 1 aromatic rings. The van der Waals surface area contributed by atoms with Gasteiger partial charge < -0.3 is 15.7 Å². The molecule has 23 heavy (non-hydrogen) atoms. The fraction of sp³-hybridized carbons (Fsp3) is 0.500. The Labute approximate surface area is 140 Å². The fourth-order valence-electron chi connectivity index (χ4n) is 3.37. The zero-order valence-corrected chi connectivity index (χ0v) is 14.7. The second kappa shape index (κ2) is 8.09. The van der Waals surface area contributed by atoms with Crippen LogP contribution in [0.1, 0.15) is 58.4 Å². The van der Waals surface area contributed by atoms with E-state index in [1.807, 2.05) is 25.1 Å². The van der Waals surface area contributed by atoms with Gasteiger partial charge in [0.1, 0.15) is 11.6 Å². The summed E-state index contributed by atoms with van der Waals surface area (Å²) in [4.78, 5) is 2.37. The number of phenolic OH excluding ortho intramolecular Hbond substituents is 1. The van der Waals surface area contributed by atoms with Crippen LogP contribution < -0.4 is 5.73 Å². The highest BCUT2D eigenvalue weighted by Crippen LogP contribution is 2.30. The van der Waals surface area contributed by atoms with Gasteiger partial charge in [0, 0.05) is 18.2 Å². The smallest absolute Gasteiger partial charge is 0.123 e. The molecule has 3 heteroatoms. The van der Waals surface area contributed by atoms with Crippen LogP contribution in [0, 0.1) is 0 Å². The highest BCUT2D eigenvalue weighted by Gasteiger charge is 2.24. The molecule has 0 saturated carbocycles. The largest absolute Gasteiger partial charge is 0.507 e. The number of aromatic hydroxyl groups is 1. The van der Waals surface area contributed by atoms with Crippen molar-refractivity contribution in [3.63, 3.8) is 0 Å². The molecule has 0 spiro atoms. The van der Waals surface area contributed by atoms with Crippen LogP contribution in [0.2, 0.25) is 0 Å². The van der Waals surface area contributed by atoms with Crippen LogP contribution in [-0.2, 0) is 0 Å². The average molecular weight is 314 g/mol. The van der Waals surface area contributed by atoms with Crippen molar-refractivity contribution in [3.8, 4) is 5.75 Å². The lowest BCUT2D eigenvalue weighted by Gasteiger charge is -2.29. The van der Waals surface area contributed by atoms with E-state index in [-0.39, 0.29) is 0 Å². The van der Waals surface area contributed by atoms with Crippen molar-refractivity contribution < 1.29 is 5.11 Å². The minimum Gasteiger partial charge on any atom is -0.507 e. The summed E-state index contributed by atoms with van der Waals surface area (Å²) in [6.45, 7) is 7.52. The second-order valence-electron chi connectivity index (χ2n) is 6.40. The summed E-state index contributed by atoms with van der Waals surface area (Å²) < 4.78 is 0. The third kappa shape index (κ3) is 4.10. The van der Waals surface area contributed by atoms with Crippen molar-refractivity contribution in [2.45, 2.75) is 58.9 Å². The van der Waals surface area contributed by atoms with E-state index in [0.29, 0.717) is 11.8 Å². The molecular formula is C20H30N2O. The summed E-state index contributed by atoms with van der Waals surface area (Å²) in [6.07, 6.45) is 7.95. The molecule has 0 fully saturated rings. The van der Waals surface area contributed by atoms with Crippen molar-refractivity contribution in [2.24, 2.45) is 5.73 Å². The Kier molecular flexibility index (Phi) is 6.14. The number of hydrogen-bond acceptors (Lipinski definition) is 3. The van der Waals surface area contributed by atoms with E-state index >= 15 is 0 Å². The number of hydrogen-bond donors (Lipinski definition) is 2. The number of allylic oxidation sites excluding steroid dienone is 2. The monoisotopic (exact) mass is 314 g/mol. The third-order valence-electron chi connectivity index (χ3n) is 4.78. The topological polar surface area (TPSA) is 49.5 Å². The van der Waals surface area contributed by atoms with Gasteiger partial charge >= 0.3 is 0 Å². The van der Waals surface area contributed by atoms with E-state index in [9.17, 15) is 5.11 Å². The van der Waals surface area contributed by atoms with Gasteiger partial charge in [-0.2, -0.15) is 0 Å². The van der Waals surface area contributed by atoms with Crippen LogP contribution in [0.4, 0.5) is 0 Å². The molecular weight excluding hydrogens is 284 g/mol. The van der Waals surface area contributed by atoms with Crippen molar-refractivity contribution in [1.29, 1.82) is 0 Å². The molecule has 126 valence electrons. The first-order valence-electron chi connectivity index (χ1n) is 8.80. The molecule has 1 aromatic carbocycles. The predicted molar refractivity (Wildman–Crippen MR) is 97.9 cm³/mol. The average Bonchev–Trinajstić information content (AvgIpc) is 2.90. The second-order valence-corrected chi connectivity index (χ2v) is 6.40. The highest BCUT2D eigenvalue weighted by molar-refractivity contribution is 5.71. The molecule has 0 aliphatic carbocycles. The van der Waals surface area contributed by atoms with Crippen LogP contribution in [0.3, 0.4) is 0 Å². The summed E-state index contributed by atoms with van der Waals surface area (Å²) >= 11 is 0. The van der Waals surface area contributed by atoms with Crippen molar-refractivity contribution >= 4 is 5.57 Å². The predicted octanol–water partition coefficient (Wildman–Crippen LogP) is 4.64. The van der Waals surface area contributed by atoms with Crippen LogP contribution in [0.5, 0.6) is 5.75 Å². The molecule has 3 N–H and O–H groups in total. The van der Waals surface area contributed by atoms with Crippen molar-refractivity contribution in [2.75, 3.05) is 6.54 Å². The summed E-state index contributed by atoms with van der Waals surface area (Å²) in [5.41, 5.74) is 9.57. The first-order valence-corrected chi connectivity index (χ1v) is 8.80. The lowest BCUT2D eigenvalue weighted by atomic mass is 10.0. The molecule has 1 aliphatic rings. The molecule has 1 heterocycles. The van der Waals surface area contributed by atoms with Crippen LogP contribution in [-0.4, -0.2) is 22.6 Å². The molecule has 1 atom stereocenters. The van der Waals surface area contributed by atoms with Crippen LogP contribution >= 0.6 is 0 Å². The summed E-state index contributed by atoms with van der Waals surface area (Å²) in [5.74, 6) is 1.24. The van der Waals surface area contributed by atoms with Crippen molar-refractivity contribution in [3.05, 3.63) is 47.3 Å². The molecule has 0 bridgehead atoms. The number of rotatable bonds is 7. The first-order chi connectivity index (χ1) is 11.1. The SMILES string of the molecule is CCCC[C@H](CC)N1CCC(/C=C(\C)c2ccccc2O)=C1N. The Morgan fingerprint density at radius 1 is 1.35 bits per heavy atom. The van der Waals surface area contributed by atoms with Gasteiger partial charge in [0.25, 0.3) is 0 Å². The summed E-state index contributed by atoms with van der Waals surface area (Å²) in [5, 5.41) is 10.00. The van der Waals surface area contributed by atoms with Gasteiger partial charge in [-0.15, -0.1) is 0 Å². The van der Waals surface area contributed by atoms with Gasteiger partial charge in [-0.1, -0.05) is 51.0 Å². The molecule has 0 radical (unpaired) electrons. The lowest BCUT2D eigenvalue weighted by Crippen LogP contribution is -2.35. The van der Waals surface area contributed by atoms with Gasteiger partial charge in [0.15, 0.2) is 0 Å². The van der Waals surface area contributed by atoms with Gasteiger partial charge in [0.2, 0.25) is 0 Å². The van der Waals surface area contributed by atoms with Gasteiger partial charge in [0.05, 0.1) is 0 Å². The maximum atomic E-state index is 10.00. The van der Waals surface area contributed by atoms with E-state index in [4.69, 9.17) is 5.73 Å². The number of benzene rings is 1. The Balaban J connectivity index is 2.19. The Morgan fingerprint density at radius 2 is 2.09 bits per heavy atom. The molecule has 1 aliphatic heterocycles. The Morgan fingerprint density at radius 3 is 2.74 bits per heavy atom. The summed E-state index contributed by atoms with van der Waals surface area (Å²) in [7, 11) is 0. The Bertz CT molecular complexity index is 589. The van der Waals surface area contributed by atoms with E-state index in [1.165, 1.54) is 24.8 Å². The number of unbranched alkanes of at least 4 members (excludes halogenated alkanes) is 1. The van der Waals surface area contributed by atoms with Gasteiger partial charge in [-0.3, -0.25) is 0 Å². The number of para-hydroxylation sites is 1. The van der Waals surface area contributed by atoms with E-state index in [2.05, 4.69) is 24.8 Å². The molecule has 0 saturated heterocycles. The first kappa shape index (κ1) is 17.5. The number of nitrogens with zero attached hydrogens (tertiary/aromatic N) is 1. The normalized spacial score (nSPS) is 17.0. The zero-order chi connectivity index (χ0) is 16.8. The molecule has 0 unspecified atom stereocenters. The standard InChI is InChI=1S/C20H30N2O/c1-4-6-9-17(5-2)22-13-12-16(20(22)21)14-15(3)18-10-7-8-11-19(18)23/h7-8,10-11,14,17,23H,4-6,9,12-13,21H2,1-3H3/b15-14+/t17-/m0/s1. The fourth-order valence-corrected chi connectivity index (χ4v) is 3.37. The number of phenols is 1. The highest BCUT2D eigenvalue weighted by atomic mass is 16.3. The maximum Gasteiger partial charge on any atom is 0.123 e. The van der Waals surface area contributed by atoms with Gasteiger partial charge in [-0.05, 0) is 43.4 Å². The number of nitrogens with two attached hydrogens (primary N) is 1. The molecule has 0 amide bonds. The molecule has 0 aromatic heterocycles. The molecule has 2 rings (SSSR count).